The zero-order valence-electron chi connectivity index (χ0n) is 41.0. The number of rotatable bonds is 43. The number of aliphatic hydroxyl groups excluding tert-OH is 7. The second kappa shape index (κ2) is 39.8. The summed E-state index contributed by atoms with van der Waals surface area (Å²) in [5, 5.41) is 72.1. The van der Waals surface area contributed by atoms with Gasteiger partial charge in [-0.05, 0) is 12.8 Å². The van der Waals surface area contributed by atoms with E-state index in [4.69, 9.17) is 28.4 Å². The molecular formula is C51H98O14. The zero-order valence-corrected chi connectivity index (χ0v) is 41.0. The lowest BCUT2D eigenvalue weighted by Gasteiger charge is -2.42. The van der Waals surface area contributed by atoms with E-state index in [-0.39, 0.29) is 25.6 Å². The predicted octanol–water partition coefficient (Wildman–Crippen LogP) is 8.08. The SMILES string of the molecule is CCCCCCCCCCCCCCCCCCCCCCCOCC(COC1OC(COC2OC(CO)C(O)C(O)C2O)C(O)C(O)C1O)OC(=O)CCCCCCCCCCCC. The molecule has 0 saturated carbocycles. The van der Waals surface area contributed by atoms with Gasteiger partial charge in [-0.25, -0.2) is 0 Å². The van der Waals surface area contributed by atoms with Gasteiger partial charge < -0.3 is 64.2 Å². The van der Waals surface area contributed by atoms with Crippen molar-refractivity contribution in [1.29, 1.82) is 0 Å². The van der Waals surface area contributed by atoms with Gasteiger partial charge in [0, 0.05) is 13.0 Å². The number of hydrogen-bond donors (Lipinski definition) is 7. The molecule has 65 heavy (non-hydrogen) atoms. The molecule has 2 heterocycles. The molecule has 2 aliphatic heterocycles. The van der Waals surface area contributed by atoms with Crippen molar-refractivity contribution in [2.75, 3.05) is 33.0 Å². The molecule has 0 spiro atoms. The van der Waals surface area contributed by atoms with E-state index in [2.05, 4.69) is 13.8 Å². The van der Waals surface area contributed by atoms with Crippen molar-refractivity contribution in [1.82, 2.24) is 0 Å². The Morgan fingerprint density at radius 1 is 0.446 bits per heavy atom. The van der Waals surface area contributed by atoms with Crippen LogP contribution in [0.1, 0.15) is 219 Å². The van der Waals surface area contributed by atoms with Crippen molar-refractivity contribution in [3.05, 3.63) is 0 Å². The maximum Gasteiger partial charge on any atom is 0.306 e. The van der Waals surface area contributed by atoms with Gasteiger partial charge in [0.15, 0.2) is 12.6 Å². The number of hydrogen-bond acceptors (Lipinski definition) is 14. The molecule has 14 nitrogen and oxygen atoms in total. The van der Waals surface area contributed by atoms with Gasteiger partial charge in [-0.15, -0.1) is 0 Å². The Hall–Kier alpha value is -1.01. The van der Waals surface area contributed by atoms with Crippen LogP contribution in [0.15, 0.2) is 0 Å². The second-order valence-corrected chi connectivity index (χ2v) is 19.1. The van der Waals surface area contributed by atoms with Gasteiger partial charge in [-0.3, -0.25) is 4.79 Å². The van der Waals surface area contributed by atoms with Crippen molar-refractivity contribution in [3.63, 3.8) is 0 Å². The summed E-state index contributed by atoms with van der Waals surface area (Å²) in [6, 6.07) is 0. The number of esters is 1. The number of ether oxygens (including phenoxy) is 6. The summed E-state index contributed by atoms with van der Waals surface area (Å²) in [7, 11) is 0. The summed E-state index contributed by atoms with van der Waals surface area (Å²) >= 11 is 0. The van der Waals surface area contributed by atoms with Crippen molar-refractivity contribution in [3.8, 4) is 0 Å². The molecule has 0 aliphatic carbocycles. The minimum atomic E-state index is -1.70. The van der Waals surface area contributed by atoms with Crippen molar-refractivity contribution in [2.45, 2.75) is 287 Å². The molecule has 0 bridgehead atoms. The minimum Gasteiger partial charge on any atom is -0.457 e. The van der Waals surface area contributed by atoms with E-state index in [1.807, 2.05) is 0 Å². The van der Waals surface area contributed by atoms with Crippen LogP contribution in [0.2, 0.25) is 0 Å². The quantitative estimate of drug-likeness (QED) is 0.0228. The number of carbonyl (C=O) groups is 1. The van der Waals surface area contributed by atoms with Gasteiger partial charge in [-0.1, -0.05) is 200 Å². The van der Waals surface area contributed by atoms with Gasteiger partial charge in [0.2, 0.25) is 0 Å². The lowest BCUT2D eigenvalue weighted by Crippen LogP contribution is -2.61. The molecule has 2 aliphatic rings. The molecule has 2 rings (SSSR count). The van der Waals surface area contributed by atoms with Crippen LogP contribution in [0.4, 0.5) is 0 Å². The van der Waals surface area contributed by atoms with Crippen LogP contribution >= 0.6 is 0 Å². The van der Waals surface area contributed by atoms with Gasteiger partial charge >= 0.3 is 5.97 Å². The molecule has 11 unspecified atom stereocenters. The molecule has 14 heteroatoms. The first-order valence-corrected chi connectivity index (χ1v) is 26.6. The Balaban J connectivity index is 1.70. The van der Waals surface area contributed by atoms with Crippen LogP contribution in [-0.2, 0) is 33.2 Å². The largest absolute Gasteiger partial charge is 0.457 e. The van der Waals surface area contributed by atoms with Gasteiger partial charge in [0.1, 0.15) is 54.9 Å². The Morgan fingerprint density at radius 3 is 1.25 bits per heavy atom. The lowest BCUT2D eigenvalue weighted by atomic mass is 9.98. The normalized spacial score (nSPS) is 26.4. The highest BCUT2D eigenvalue weighted by molar-refractivity contribution is 5.69. The Labute approximate surface area is 393 Å². The summed E-state index contributed by atoms with van der Waals surface area (Å²) in [4.78, 5) is 12.9. The number of aliphatic hydroxyl groups is 7. The fourth-order valence-corrected chi connectivity index (χ4v) is 8.76. The van der Waals surface area contributed by atoms with Crippen LogP contribution in [0.25, 0.3) is 0 Å². The first-order valence-electron chi connectivity index (χ1n) is 26.6. The highest BCUT2D eigenvalue weighted by Crippen LogP contribution is 2.27. The molecule has 0 aromatic rings. The Kier molecular flexibility index (Phi) is 36.8. The zero-order chi connectivity index (χ0) is 47.3. The van der Waals surface area contributed by atoms with E-state index in [1.165, 1.54) is 154 Å². The molecule has 0 aromatic heterocycles. The maximum atomic E-state index is 12.9. The molecule has 0 amide bonds. The van der Waals surface area contributed by atoms with Crippen LogP contribution in [0.3, 0.4) is 0 Å². The topological polar surface area (TPSA) is 214 Å². The van der Waals surface area contributed by atoms with E-state index in [0.29, 0.717) is 13.0 Å². The Morgan fingerprint density at radius 2 is 0.815 bits per heavy atom. The number of unbranched alkanes of at least 4 members (excludes halogenated alkanes) is 29. The monoisotopic (exact) mass is 935 g/mol. The van der Waals surface area contributed by atoms with Crippen LogP contribution < -0.4 is 0 Å². The average molecular weight is 935 g/mol. The molecular weight excluding hydrogens is 837 g/mol. The van der Waals surface area contributed by atoms with Crippen molar-refractivity contribution in [2.24, 2.45) is 0 Å². The van der Waals surface area contributed by atoms with Crippen LogP contribution in [0, 0.1) is 0 Å². The summed E-state index contributed by atoms with van der Waals surface area (Å²) in [5.41, 5.74) is 0. The molecule has 11 atom stereocenters. The van der Waals surface area contributed by atoms with Crippen LogP contribution in [-0.4, -0.2) is 142 Å². The second-order valence-electron chi connectivity index (χ2n) is 19.1. The third kappa shape index (κ3) is 27.7. The van der Waals surface area contributed by atoms with Gasteiger partial charge in [0.25, 0.3) is 0 Å². The fraction of sp³-hybridized carbons (Fsp3) is 0.980. The van der Waals surface area contributed by atoms with E-state index in [9.17, 15) is 40.5 Å². The summed E-state index contributed by atoms with van der Waals surface area (Å²) in [6.07, 6.45) is 23.2. The van der Waals surface area contributed by atoms with Crippen molar-refractivity contribution >= 4 is 5.97 Å². The lowest BCUT2D eigenvalue weighted by molar-refractivity contribution is -0.332. The fourth-order valence-electron chi connectivity index (χ4n) is 8.76. The standard InChI is InChI=1S/C51H98O14/c1-3-5-7-9-11-13-15-16-17-18-19-20-21-22-23-24-25-27-29-31-33-35-60-37-40(63-43(53)34-32-30-28-26-14-12-10-8-6-4-2)38-61-50-49(59)47(57)45(55)42(65-50)39-62-51-48(58)46(56)44(54)41(36-52)64-51/h40-42,44-52,54-59H,3-39H2,1-2H3. The van der Waals surface area contributed by atoms with Gasteiger partial charge in [-0.2, -0.15) is 0 Å². The van der Waals surface area contributed by atoms with E-state index >= 15 is 0 Å². The van der Waals surface area contributed by atoms with E-state index in [1.54, 1.807) is 0 Å². The van der Waals surface area contributed by atoms with E-state index in [0.717, 1.165) is 38.5 Å². The summed E-state index contributed by atoms with van der Waals surface area (Å²) < 4.78 is 34.3. The molecule has 2 fully saturated rings. The van der Waals surface area contributed by atoms with Crippen LogP contribution in [0.5, 0.6) is 0 Å². The summed E-state index contributed by atoms with van der Waals surface area (Å²) in [5.74, 6) is -0.373. The first-order chi connectivity index (χ1) is 31.6. The summed E-state index contributed by atoms with van der Waals surface area (Å²) in [6.45, 7) is 3.72. The van der Waals surface area contributed by atoms with E-state index < -0.39 is 80.7 Å². The average Bonchev–Trinajstić information content (AvgIpc) is 3.30. The molecule has 7 N–H and O–H groups in total. The maximum absolute atomic E-state index is 12.9. The molecule has 386 valence electrons. The third-order valence-corrected chi connectivity index (χ3v) is 13.1. The van der Waals surface area contributed by atoms with Gasteiger partial charge in [0.05, 0.1) is 26.4 Å². The molecule has 2 saturated heterocycles. The highest BCUT2D eigenvalue weighted by atomic mass is 16.7. The molecule has 0 radical (unpaired) electrons. The predicted molar refractivity (Wildman–Crippen MR) is 252 cm³/mol. The Bertz CT molecular complexity index is 1090. The third-order valence-electron chi connectivity index (χ3n) is 13.1. The highest BCUT2D eigenvalue weighted by Gasteiger charge is 2.47. The smallest absolute Gasteiger partial charge is 0.306 e. The van der Waals surface area contributed by atoms with Crippen molar-refractivity contribution < 1.29 is 69.0 Å². The first kappa shape index (κ1) is 60.1. The minimum absolute atomic E-state index is 0.0700. The molecule has 0 aromatic carbocycles. The number of carbonyl (C=O) groups excluding carboxylic acids is 1.